The van der Waals surface area contributed by atoms with Gasteiger partial charge >= 0.3 is 0 Å². The summed E-state index contributed by atoms with van der Waals surface area (Å²) in [6, 6.07) is 3.06. The summed E-state index contributed by atoms with van der Waals surface area (Å²) in [6.07, 6.45) is 2.76. The highest BCUT2D eigenvalue weighted by Crippen LogP contribution is 2.39. The molecule has 3 N–H and O–H groups in total. The molecule has 112 valence electrons. The van der Waals surface area contributed by atoms with Gasteiger partial charge in [0.25, 0.3) is 0 Å². The van der Waals surface area contributed by atoms with Crippen LogP contribution in [0.5, 0.6) is 5.75 Å². The van der Waals surface area contributed by atoms with E-state index in [1.165, 1.54) is 6.07 Å². The second-order valence-electron chi connectivity index (χ2n) is 5.15. The van der Waals surface area contributed by atoms with Gasteiger partial charge in [0.1, 0.15) is 11.6 Å². The molecule has 1 aliphatic rings. The molecule has 0 saturated heterocycles. The number of halogens is 1. The fourth-order valence-electron chi connectivity index (χ4n) is 2.93. The van der Waals surface area contributed by atoms with E-state index in [0.29, 0.717) is 18.7 Å². The van der Waals surface area contributed by atoms with Gasteiger partial charge in [-0.05, 0) is 37.9 Å². The lowest BCUT2D eigenvalue weighted by molar-refractivity contribution is 0.207. The predicted molar refractivity (Wildman–Crippen MR) is 76.1 cm³/mol. The van der Waals surface area contributed by atoms with Gasteiger partial charge in [-0.2, -0.15) is 0 Å². The maximum atomic E-state index is 14.1. The van der Waals surface area contributed by atoms with E-state index in [1.807, 2.05) is 0 Å². The highest BCUT2D eigenvalue weighted by atomic mass is 19.1. The Morgan fingerprint density at radius 1 is 1.40 bits per heavy atom. The number of hydrogen-bond acceptors (Lipinski definition) is 4. The average Bonchev–Trinajstić information content (AvgIpc) is 2.83. The Labute approximate surface area is 119 Å². The molecule has 0 fully saturated rings. The maximum absolute atomic E-state index is 14.1. The number of methoxy groups -OCH3 is 1. The zero-order chi connectivity index (χ0) is 14.5. The quantitative estimate of drug-likeness (QED) is 0.749. The summed E-state index contributed by atoms with van der Waals surface area (Å²) in [5.41, 5.74) is 7.45. The van der Waals surface area contributed by atoms with Crippen molar-refractivity contribution in [2.45, 2.75) is 31.8 Å². The average molecular weight is 282 g/mol. The van der Waals surface area contributed by atoms with Crippen LogP contribution in [0.1, 0.15) is 36.4 Å². The first-order valence-electron chi connectivity index (χ1n) is 7.13. The summed E-state index contributed by atoms with van der Waals surface area (Å²) in [5, 5.41) is 8.80. The summed E-state index contributed by atoms with van der Waals surface area (Å²) in [4.78, 5) is 2.20. The van der Waals surface area contributed by atoms with Crippen LogP contribution in [0.4, 0.5) is 4.39 Å². The standard InChI is InChI=1S/C15H23FN2O2/c1-20-14-6-5-12(16)15-11(14)10-18(13(15)9-17)7-3-2-4-8-19/h5-6,13,19H,2-4,7-10,17H2,1H3. The van der Waals surface area contributed by atoms with Crippen molar-refractivity contribution in [1.82, 2.24) is 4.90 Å². The van der Waals surface area contributed by atoms with Crippen LogP contribution in [0.25, 0.3) is 0 Å². The Morgan fingerprint density at radius 3 is 2.85 bits per heavy atom. The van der Waals surface area contributed by atoms with Crippen LogP contribution in [0, 0.1) is 5.82 Å². The zero-order valence-corrected chi connectivity index (χ0v) is 11.9. The highest BCUT2D eigenvalue weighted by molar-refractivity contribution is 5.45. The number of unbranched alkanes of at least 4 members (excludes halogenated alkanes) is 2. The highest BCUT2D eigenvalue weighted by Gasteiger charge is 2.33. The molecule has 1 heterocycles. The fourth-order valence-corrected chi connectivity index (χ4v) is 2.93. The first kappa shape index (κ1) is 15.2. The van der Waals surface area contributed by atoms with Crippen LogP contribution in [0.2, 0.25) is 0 Å². The van der Waals surface area contributed by atoms with E-state index in [1.54, 1.807) is 13.2 Å². The largest absolute Gasteiger partial charge is 0.496 e. The molecule has 1 unspecified atom stereocenters. The van der Waals surface area contributed by atoms with Crippen molar-refractivity contribution < 1.29 is 14.2 Å². The van der Waals surface area contributed by atoms with Crippen molar-refractivity contribution in [2.24, 2.45) is 5.73 Å². The van der Waals surface area contributed by atoms with Gasteiger partial charge in [-0.15, -0.1) is 0 Å². The minimum atomic E-state index is -0.200. The second kappa shape index (κ2) is 7.02. The summed E-state index contributed by atoms with van der Waals surface area (Å²) in [6.45, 7) is 2.16. The normalized spacial score (nSPS) is 18.3. The van der Waals surface area contributed by atoms with Gasteiger partial charge in [-0.1, -0.05) is 0 Å². The number of benzene rings is 1. The minimum Gasteiger partial charge on any atom is -0.496 e. The minimum absolute atomic E-state index is 0.0748. The number of fused-ring (bicyclic) bond motifs is 1. The number of aliphatic hydroxyl groups excluding tert-OH is 1. The first-order valence-corrected chi connectivity index (χ1v) is 7.13. The van der Waals surface area contributed by atoms with Crippen LogP contribution >= 0.6 is 0 Å². The molecule has 1 aromatic rings. The molecule has 0 bridgehead atoms. The van der Waals surface area contributed by atoms with Crippen LogP contribution in [-0.2, 0) is 6.54 Å². The molecule has 20 heavy (non-hydrogen) atoms. The molecule has 4 nitrogen and oxygen atoms in total. The maximum Gasteiger partial charge on any atom is 0.128 e. The molecule has 5 heteroatoms. The summed E-state index contributed by atoms with van der Waals surface area (Å²) in [7, 11) is 1.61. The number of ether oxygens (including phenoxy) is 1. The Hall–Kier alpha value is -1.17. The summed E-state index contributed by atoms with van der Waals surface area (Å²) >= 11 is 0. The molecular formula is C15H23FN2O2. The molecule has 1 aromatic carbocycles. The smallest absolute Gasteiger partial charge is 0.128 e. The molecule has 0 aromatic heterocycles. The molecular weight excluding hydrogens is 259 g/mol. The van der Waals surface area contributed by atoms with Crippen molar-refractivity contribution in [3.05, 3.63) is 29.1 Å². The Kier molecular flexibility index (Phi) is 5.34. The van der Waals surface area contributed by atoms with Gasteiger partial charge in [0.15, 0.2) is 0 Å². The van der Waals surface area contributed by atoms with Gasteiger partial charge in [0.2, 0.25) is 0 Å². The van der Waals surface area contributed by atoms with E-state index >= 15 is 0 Å². The molecule has 1 aliphatic heterocycles. The van der Waals surface area contributed by atoms with Gasteiger partial charge < -0.3 is 15.6 Å². The van der Waals surface area contributed by atoms with Crippen molar-refractivity contribution in [3.63, 3.8) is 0 Å². The Bertz CT molecular complexity index is 454. The van der Waals surface area contributed by atoms with E-state index in [0.717, 1.165) is 37.1 Å². The molecule has 0 spiro atoms. The van der Waals surface area contributed by atoms with Crippen molar-refractivity contribution in [2.75, 3.05) is 26.8 Å². The fraction of sp³-hybridized carbons (Fsp3) is 0.600. The molecule has 0 radical (unpaired) electrons. The number of aliphatic hydroxyl groups is 1. The van der Waals surface area contributed by atoms with Crippen LogP contribution < -0.4 is 10.5 Å². The molecule has 0 amide bonds. The van der Waals surface area contributed by atoms with E-state index < -0.39 is 0 Å². The van der Waals surface area contributed by atoms with E-state index in [4.69, 9.17) is 15.6 Å². The van der Waals surface area contributed by atoms with Gasteiger partial charge in [-0.3, -0.25) is 4.90 Å². The lowest BCUT2D eigenvalue weighted by Gasteiger charge is -2.23. The van der Waals surface area contributed by atoms with Crippen LogP contribution in [0.15, 0.2) is 12.1 Å². The predicted octanol–water partition coefficient (Wildman–Crippen LogP) is 1.81. The van der Waals surface area contributed by atoms with Crippen molar-refractivity contribution in [3.8, 4) is 5.75 Å². The van der Waals surface area contributed by atoms with Crippen LogP contribution in [-0.4, -0.2) is 36.8 Å². The molecule has 0 saturated carbocycles. The number of rotatable bonds is 7. The van der Waals surface area contributed by atoms with Crippen molar-refractivity contribution in [1.29, 1.82) is 0 Å². The SMILES string of the molecule is COc1ccc(F)c2c1CN(CCCCCO)C2CN. The van der Waals surface area contributed by atoms with Gasteiger partial charge in [0, 0.05) is 30.8 Å². The van der Waals surface area contributed by atoms with E-state index in [9.17, 15) is 4.39 Å². The lowest BCUT2D eigenvalue weighted by Crippen LogP contribution is -2.29. The molecule has 0 aliphatic carbocycles. The Morgan fingerprint density at radius 2 is 2.20 bits per heavy atom. The van der Waals surface area contributed by atoms with E-state index in [-0.39, 0.29) is 18.5 Å². The number of nitrogens with two attached hydrogens (primary N) is 1. The summed E-state index contributed by atoms with van der Waals surface area (Å²) < 4.78 is 19.4. The molecule has 2 rings (SSSR count). The topological polar surface area (TPSA) is 58.7 Å². The third kappa shape index (κ3) is 2.95. The van der Waals surface area contributed by atoms with Gasteiger partial charge in [-0.25, -0.2) is 4.39 Å². The van der Waals surface area contributed by atoms with Gasteiger partial charge in [0.05, 0.1) is 13.2 Å². The summed E-state index contributed by atoms with van der Waals surface area (Å²) in [5.74, 6) is 0.534. The van der Waals surface area contributed by atoms with Crippen LogP contribution in [0.3, 0.4) is 0 Å². The number of hydrogen-bond donors (Lipinski definition) is 2. The van der Waals surface area contributed by atoms with E-state index in [2.05, 4.69) is 4.90 Å². The third-order valence-electron chi connectivity index (χ3n) is 3.94. The zero-order valence-electron chi connectivity index (χ0n) is 11.9. The first-order chi connectivity index (χ1) is 9.72. The second-order valence-corrected chi connectivity index (χ2v) is 5.15. The third-order valence-corrected chi connectivity index (χ3v) is 3.94. The number of nitrogens with zero attached hydrogens (tertiary/aromatic N) is 1. The molecule has 1 atom stereocenters. The Balaban J connectivity index is 2.14. The lowest BCUT2D eigenvalue weighted by atomic mass is 10.0. The van der Waals surface area contributed by atoms with Crippen molar-refractivity contribution >= 4 is 0 Å². The monoisotopic (exact) mass is 282 g/mol.